The highest BCUT2D eigenvalue weighted by Crippen LogP contribution is 2.21. The molecule has 1 aliphatic heterocycles. The smallest absolute Gasteiger partial charge is 0.221 e. The van der Waals surface area contributed by atoms with Crippen LogP contribution in [0.1, 0.15) is 30.6 Å². The van der Waals surface area contributed by atoms with E-state index in [0.29, 0.717) is 19.5 Å². The van der Waals surface area contributed by atoms with Gasteiger partial charge in [0.05, 0.1) is 37.7 Å². The molecule has 1 amide bonds. The van der Waals surface area contributed by atoms with Crippen molar-refractivity contribution >= 4 is 16.9 Å². The summed E-state index contributed by atoms with van der Waals surface area (Å²) in [6, 6.07) is 10.5. The van der Waals surface area contributed by atoms with Crippen LogP contribution in [0.15, 0.2) is 36.5 Å². The van der Waals surface area contributed by atoms with Crippen molar-refractivity contribution in [3.63, 3.8) is 0 Å². The highest BCUT2D eigenvalue weighted by atomic mass is 16.5. The lowest BCUT2D eigenvalue weighted by Crippen LogP contribution is -2.43. The molecule has 1 unspecified atom stereocenters. The summed E-state index contributed by atoms with van der Waals surface area (Å²) in [6.07, 6.45) is 2.22. The molecule has 2 aromatic heterocycles. The first-order valence-corrected chi connectivity index (χ1v) is 10.7. The molecule has 8 heteroatoms. The van der Waals surface area contributed by atoms with Gasteiger partial charge in [0.25, 0.3) is 0 Å². The molecule has 1 atom stereocenters. The van der Waals surface area contributed by atoms with Gasteiger partial charge in [-0.1, -0.05) is 30.3 Å². The zero-order chi connectivity index (χ0) is 20.9. The van der Waals surface area contributed by atoms with Gasteiger partial charge in [-0.05, 0) is 19.4 Å². The van der Waals surface area contributed by atoms with Crippen LogP contribution in [0.2, 0.25) is 0 Å². The van der Waals surface area contributed by atoms with Crippen molar-refractivity contribution in [3.05, 3.63) is 47.8 Å². The number of carbonyl (C=O) groups excluding carboxylic acids is 1. The molecule has 8 nitrogen and oxygen atoms in total. The van der Waals surface area contributed by atoms with E-state index in [1.807, 2.05) is 40.7 Å². The molecule has 1 aromatic carbocycles. The minimum atomic E-state index is 0.0355. The number of nitrogens with zero attached hydrogens (tertiary/aromatic N) is 5. The van der Waals surface area contributed by atoms with E-state index in [1.54, 1.807) is 0 Å². The Labute approximate surface area is 176 Å². The summed E-state index contributed by atoms with van der Waals surface area (Å²) in [5, 5.41) is 12.1. The lowest BCUT2D eigenvalue weighted by atomic mass is 10.0. The first-order chi connectivity index (χ1) is 14.7. The van der Waals surface area contributed by atoms with E-state index >= 15 is 0 Å². The molecule has 3 aromatic rings. The average Bonchev–Trinajstić information content (AvgIpc) is 3.35. The summed E-state index contributed by atoms with van der Waals surface area (Å²) >= 11 is 0. The third kappa shape index (κ3) is 4.39. The average molecular weight is 411 g/mol. The van der Waals surface area contributed by atoms with Gasteiger partial charge in [0, 0.05) is 32.6 Å². The molecule has 4 rings (SSSR count). The maximum Gasteiger partial charge on any atom is 0.221 e. The monoisotopic (exact) mass is 410 g/mol. The van der Waals surface area contributed by atoms with Crippen LogP contribution in [0.3, 0.4) is 0 Å². The Morgan fingerprint density at radius 1 is 1.20 bits per heavy atom. The fourth-order valence-electron chi connectivity index (χ4n) is 4.16. The summed E-state index contributed by atoms with van der Waals surface area (Å²) < 4.78 is 9.33. The largest absolute Gasteiger partial charge is 0.379 e. The Hall–Kier alpha value is -2.71. The van der Waals surface area contributed by atoms with E-state index in [-0.39, 0.29) is 11.9 Å². The van der Waals surface area contributed by atoms with Gasteiger partial charge in [-0.15, -0.1) is 0 Å². The maximum atomic E-state index is 12.6. The van der Waals surface area contributed by atoms with Gasteiger partial charge < -0.3 is 10.1 Å². The number of benzene rings is 1. The minimum Gasteiger partial charge on any atom is -0.379 e. The van der Waals surface area contributed by atoms with Crippen molar-refractivity contribution in [1.29, 1.82) is 0 Å². The number of fused-ring (bicyclic) bond motifs is 1. The number of hydrogen-bond donors (Lipinski definition) is 1. The summed E-state index contributed by atoms with van der Waals surface area (Å²) in [5.74, 6) is 0.0355. The molecule has 0 spiro atoms. The van der Waals surface area contributed by atoms with Crippen LogP contribution in [0, 0.1) is 6.92 Å². The summed E-state index contributed by atoms with van der Waals surface area (Å²) in [7, 11) is 0. The van der Waals surface area contributed by atoms with Crippen LogP contribution in [-0.2, 0) is 22.6 Å². The molecular weight excluding hydrogens is 380 g/mol. The number of nitrogens with one attached hydrogen (secondary N) is 1. The molecule has 0 saturated carbocycles. The Morgan fingerprint density at radius 3 is 2.70 bits per heavy atom. The highest BCUT2D eigenvalue weighted by Gasteiger charge is 2.23. The number of amides is 1. The van der Waals surface area contributed by atoms with Gasteiger partial charge in [-0.25, -0.2) is 0 Å². The van der Waals surface area contributed by atoms with E-state index < -0.39 is 0 Å². The standard InChI is InChI=1S/C22H30N6O2/c1-3-27-20-16-24-28(22(20)17(2)25-27)10-9-21(29)23-15-19(18-7-5-4-6-8-18)26-11-13-30-14-12-26/h4-8,16,19H,3,9-15H2,1-2H3,(H,23,29). The zero-order valence-corrected chi connectivity index (χ0v) is 17.8. The summed E-state index contributed by atoms with van der Waals surface area (Å²) in [5.41, 5.74) is 4.20. The number of hydrogen-bond acceptors (Lipinski definition) is 5. The van der Waals surface area contributed by atoms with Gasteiger partial charge in [0.15, 0.2) is 0 Å². The third-order valence-corrected chi connectivity index (χ3v) is 5.73. The van der Waals surface area contributed by atoms with Crippen LogP contribution in [0.5, 0.6) is 0 Å². The van der Waals surface area contributed by atoms with E-state index in [4.69, 9.17) is 4.74 Å². The molecule has 30 heavy (non-hydrogen) atoms. The van der Waals surface area contributed by atoms with Crippen LogP contribution in [0.25, 0.3) is 11.0 Å². The van der Waals surface area contributed by atoms with Crippen LogP contribution in [0.4, 0.5) is 0 Å². The summed E-state index contributed by atoms with van der Waals surface area (Å²) in [4.78, 5) is 15.0. The topological polar surface area (TPSA) is 77.2 Å². The Kier molecular flexibility index (Phi) is 6.44. The second kappa shape index (κ2) is 9.40. The van der Waals surface area contributed by atoms with Gasteiger partial charge in [0.1, 0.15) is 11.0 Å². The quantitative estimate of drug-likeness (QED) is 0.616. The van der Waals surface area contributed by atoms with Crippen molar-refractivity contribution < 1.29 is 9.53 Å². The molecular formula is C22H30N6O2. The second-order valence-corrected chi connectivity index (χ2v) is 7.63. The predicted molar refractivity (Wildman–Crippen MR) is 115 cm³/mol. The van der Waals surface area contributed by atoms with Crippen LogP contribution < -0.4 is 5.32 Å². The van der Waals surface area contributed by atoms with E-state index in [1.165, 1.54) is 5.56 Å². The van der Waals surface area contributed by atoms with Gasteiger partial charge in [0.2, 0.25) is 5.91 Å². The minimum absolute atomic E-state index is 0.0355. The maximum absolute atomic E-state index is 12.6. The summed E-state index contributed by atoms with van der Waals surface area (Å²) in [6.45, 7) is 9.20. The molecule has 1 N–H and O–H groups in total. The molecule has 160 valence electrons. The fourth-order valence-corrected chi connectivity index (χ4v) is 4.16. The van der Waals surface area contributed by atoms with E-state index in [0.717, 1.165) is 49.6 Å². The molecule has 0 aliphatic carbocycles. The van der Waals surface area contributed by atoms with Gasteiger partial charge in [-0.3, -0.25) is 19.1 Å². The number of rotatable bonds is 8. The first-order valence-electron chi connectivity index (χ1n) is 10.7. The Morgan fingerprint density at radius 2 is 1.97 bits per heavy atom. The molecule has 0 radical (unpaired) electrons. The van der Waals surface area contributed by atoms with Crippen LogP contribution in [-0.4, -0.2) is 63.2 Å². The van der Waals surface area contributed by atoms with E-state index in [2.05, 4.69) is 39.5 Å². The Bertz CT molecular complexity index is 974. The number of aromatic nitrogens is 4. The molecule has 1 saturated heterocycles. The van der Waals surface area contributed by atoms with E-state index in [9.17, 15) is 4.79 Å². The highest BCUT2D eigenvalue weighted by molar-refractivity contribution is 5.78. The molecule has 0 bridgehead atoms. The van der Waals surface area contributed by atoms with Gasteiger partial charge in [-0.2, -0.15) is 10.2 Å². The van der Waals surface area contributed by atoms with Crippen molar-refractivity contribution in [3.8, 4) is 0 Å². The normalized spacial score (nSPS) is 16.1. The Balaban J connectivity index is 1.37. The SMILES string of the molecule is CCn1nc(C)c2c1cnn2CCC(=O)NCC(c1ccccc1)N1CCOCC1. The first kappa shape index (κ1) is 20.6. The van der Waals surface area contributed by atoms with Crippen molar-refractivity contribution in [1.82, 2.24) is 29.8 Å². The number of morpholine rings is 1. The number of aryl methyl sites for hydroxylation is 3. The number of ether oxygens (including phenoxy) is 1. The zero-order valence-electron chi connectivity index (χ0n) is 17.8. The lowest BCUT2D eigenvalue weighted by Gasteiger charge is -2.35. The molecule has 1 fully saturated rings. The fraction of sp³-hybridized carbons (Fsp3) is 0.500. The van der Waals surface area contributed by atoms with Crippen molar-refractivity contribution in [2.24, 2.45) is 0 Å². The van der Waals surface area contributed by atoms with Gasteiger partial charge >= 0.3 is 0 Å². The molecule has 3 heterocycles. The predicted octanol–water partition coefficient (Wildman–Crippen LogP) is 2.14. The van der Waals surface area contributed by atoms with Crippen LogP contribution >= 0.6 is 0 Å². The van der Waals surface area contributed by atoms with Crippen molar-refractivity contribution in [2.75, 3.05) is 32.8 Å². The molecule has 1 aliphatic rings. The van der Waals surface area contributed by atoms with Crippen molar-refractivity contribution in [2.45, 2.75) is 39.4 Å². The lowest BCUT2D eigenvalue weighted by molar-refractivity contribution is -0.121. The second-order valence-electron chi connectivity index (χ2n) is 7.63. The number of carbonyl (C=O) groups is 1. The third-order valence-electron chi connectivity index (χ3n) is 5.73.